The van der Waals surface area contributed by atoms with Gasteiger partial charge in [-0.25, -0.2) is 4.79 Å². The Bertz CT molecular complexity index is 551. The van der Waals surface area contributed by atoms with Gasteiger partial charge in [-0.2, -0.15) is 0 Å². The number of hydrogen-bond acceptors (Lipinski definition) is 4. The second kappa shape index (κ2) is 10.5. The first-order valence-corrected chi connectivity index (χ1v) is 8.57. The van der Waals surface area contributed by atoms with E-state index in [1.807, 2.05) is 24.3 Å². The van der Waals surface area contributed by atoms with E-state index in [1.54, 1.807) is 11.8 Å². The minimum atomic E-state index is -0.250. The quantitative estimate of drug-likeness (QED) is 0.703. The molecule has 6 nitrogen and oxygen atoms in total. The van der Waals surface area contributed by atoms with Gasteiger partial charge in [0.05, 0.1) is 6.61 Å². The fourth-order valence-corrected chi connectivity index (χ4v) is 2.82. The number of halogens is 2. The van der Waals surface area contributed by atoms with Crippen LogP contribution in [0.2, 0.25) is 0 Å². The highest BCUT2D eigenvalue weighted by Gasteiger charge is 2.21. The molecule has 1 aromatic rings. The van der Waals surface area contributed by atoms with Crippen LogP contribution in [-0.2, 0) is 9.53 Å². The lowest BCUT2D eigenvalue weighted by Crippen LogP contribution is -3.00. The van der Waals surface area contributed by atoms with E-state index in [-0.39, 0.29) is 24.4 Å². The van der Waals surface area contributed by atoms with Gasteiger partial charge in [-0.3, -0.25) is 9.69 Å². The Hall–Kier alpha value is -1.31. The predicted molar refractivity (Wildman–Crippen MR) is 92.4 cm³/mol. The SMILES string of the molecule is CCOC(=O)N1CCN(CCC(=O)Nc2cccc(Br)c2)CC1.[Cl-]. The van der Waals surface area contributed by atoms with Gasteiger partial charge >= 0.3 is 6.09 Å². The van der Waals surface area contributed by atoms with Crippen molar-refractivity contribution in [3.63, 3.8) is 0 Å². The van der Waals surface area contributed by atoms with Crippen molar-refractivity contribution in [2.75, 3.05) is 44.6 Å². The summed E-state index contributed by atoms with van der Waals surface area (Å²) in [6, 6.07) is 7.53. The highest BCUT2D eigenvalue weighted by Crippen LogP contribution is 2.15. The predicted octanol–water partition coefficient (Wildman–Crippen LogP) is -0.444. The normalized spacial score (nSPS) is 14.7. The Labute approximate surface area is 157 Å². The van der Waals surface area contributed by atoms with E-state index in [4.69, 9.17) is 4.74 Å². The summed E-state index contributed by atoms with van der Waals surface area (Å²) < 4.78 is 5.93. The van der Waals surface area contributed by atoms with Crippen LogP contribution in [0.1, 0.15) is 13.3 Å². The third-order valence-electron chi connectivity index (χ3n) is 3.66. The molecule has 1 heterocycles. The highest BCUT2D eigenvalue weighted by atomic mass is 79.9. The molecule has 0 atom stereocenters. The number of nitrogens with one attached hydrogen (secondary N) is 1. The Morgan fingerprint density at radius 2 is 1.96 bits per heavy atom. The number of benzene rings is 1. The molecule has 24 heavy (non-hydrogen) atoms. The molecule has 0 radical (unpaired) electrons. The van der Waals surface area contributed by atoms with Gasteiger partial charge in [0.25, 0.3) is 0 Å². The zero-order valence-electron chi connectivity index (χ0n) is 13.6. The molecule has 0 aliphatic carbocycles. The highest BCUT2D eigenvalue weighted by molar-refractivity contribution is 9.10. The van der Waals surface area contributed by atoms with Crippen LogP contribution in [0.5, 0.6) is 0 Å². The molecule has 0 bridgehead atoms. The van der Waals surface area contributed by atoms with Gasteiger partial charge in [-0.15, -0.1) is 0 Å². The third-order valence-corrected chi connectivity index (χ3v) is 4.16. The van der Waals surface area contributed by atoms with Crippen molar-refractivity contribution in [1.29, 1.82) is 0 Å². The largest absolute Gasteiger partial charge is 1.00 e. The zero-order valence-corrected chi connectivity index (χ0v) is 16.0. The lowest BCUT2D eigenvalue weighted by Gasteiger charge is -2.33. The average molecular weight is 420 g/mol. The van der Waals surface area contributed by atoms with Crippen molar-refractivity contribution < 1.29 is 26.7 Å². The standard InChI is InChI=1S/C16H22BrN3O3.ClH/c1-2-23-16(22)20-10-8-19(9-11-20)7-6-15(21)18-14-5-3-4-13(17)12-14;/h3-5,12H,2,6-11H2,1H3,(H,18,21);1H/p-1. The summed E-state index contributed by atoms with van der Waals surface area (Å²) >= 11 is 3.38. The van der Waals surface area contributed by atoms with E-state index in [0.717, 1.165) is 23.2 Å². The fraction of sp³-hybridized carbons (Fsp3) is 0.500. The van der Waals surface area contributed by atoms with Crippen LogP contribution in [0.3, 0.4) is 0 Å². The molecule has 0 unspecified atom stereocenters. The van der Waals surface area contributed by atoms with Crippen molar-refractivity contribution >= 4 is 33.6 Å². The molecular weight excluding hydrogens is 398 g/mol. The molecule has 1 N–H and O–H groups in total. The Balaban J connectivity index is 0.00000288. The molecule has 0 spiro atoms. The average Bonchev–Trinajstić information content (AvgIpc) is 2.54. The van der Waals surface area contributed by atoms with Crippen LogP contribution in [0, 0.1) is 0 Å². The number of carbonyl (C=O) groups is 2. The summed E-state index contributed by atoms with van der Waals surface area (Å²) in [6.45, 7) is 5.72. The van der Waals surface area contributed by atoms with Gasteiger partial charge in [-0.05, 0) is 25.1 Å². The minimum Gasteiger partial charge on any atom is -1.00 e. The minimum absolute atomic E-state index is 0. The number of piperazine rings is 1. The smallest absolute Gasteiger partial charge is 0.409 e. The van der Waals surface area contributed by atoms with E-state index in [2.05, 4.69) is 26.1 Å². The fourth-order valence-electron chi connectivity index (χ4n) is 2.42. The monoisotopic (exact) mass is 418 g/mol. The van der Waals surface area contributed by atoms with Crippen LogP contribution >= 0.6 is 15.9 Å². The maximum atomic E-state index is 12.0. The first-order valence-electron chi connectivity index (χ1n) is 7.78. The Morgan fingerprint density at radius 1 is 1.25 bits per heavy atom. The van der Waals surface area contributed by atoms with Crippen LogP contribution < -0.4 is 17.7 Å². The molecule has 0 aromatic heterocycles. The number of hydrogen-bond donors (Lipinski definition) is 1. The number of rotatable bonds is 5. The van der Waals surface area contributed by atoms with Crippen LogP contribution in [0.25, 0.3) is 0 Å². The number of carbonyl (C=O) groups excluding carboxylic acids is 2. The molecule has 2 rings (SSSR count). The third kappa shape index (κ3) is 6.67. The molecule has 8 heteroatoms. The van der Waals surface area contributed by atoms with Gasteiger partial charge < -0.3 is 27.4 Å². The number of anilines is 1. The summed E-state index contributed by atoms with van der Waals surface area (Å²) in [5.41, 5.74) is 0.788. The first-order chi connectivity index (χ1) is 11.1. The van der Waals surface area contributed by atoms with E-state index >= 15 is 0 Å². The second-order valence-corrected chi connectivity index (χ2v) is 6.25. The van der Waals surface area contributed by atoms with Gasteiger partial charge in [-0.1, -0.05) is 22.0 Å². The van der Waals surface area contributed by atoms with E-state index in [1.165, 1.54) is 0 Å². The van der Waals surface area contributed by atoms with E-state index in [9.17, 15) is 9.59 Å². The van der Waals surface area contributed by atoms with Crippen LogP contribution in [0.15, 0.2) is 28.7 Å². The summed E-state index contributed by atoms with van der Waals surface area (Å²) in [5.74, 6) is -0.00378. The lowest BCUT2D eigenvalue weighted by molar-refractivity contribution is -0.116. The van der Waals surface area contributed by atoms with Gasteiger partial charge in [0.15, 0.2) is 0 Å². The Morgan fingerprint density at radius 3 is 2.58 bits per heavy atom. The number of amides is 2. The van der Waals surface area contributed by atoms with Crippen LogP contribution in [0.4, 0.5) is 10.5 Å². The molecule has 1 fully saturated rings. The lowest BCUT2D eigenvalue weighted by atomic mass is 10.2. The molecule has 2 amide bonds. The van der Waals surface area contributed by atoms with Gasteiger partial charge in [0, 0.05) is 49.3 Å². The molecule has 1 aliphatic heterocycles. The summed E-state index contributed by atoms with van der Waals surface area (Å²) in [7, 11) is 0. The number of nitrogens with zero attached hydrogens (tertiary/aromatic N) is 2. The van der Waals surface area contributed by atoms with Gasteiger partial charge in [0.2, 0.25) is 5.91 Å². The maximum Gasteiger partial charge on any atom is 0.409 e. The second-order valence-electron chi connectivity index (χ2n) is 5.34. The van der Waals surface area contributed by atoms with Crippen molar-refractivity contribution in [2.24, 2.45) is 0 Å². The molecule has 1 saturated heterocycles. The van der Waals surface area contributed by atoms with E-state index < -0.39 is 0 Å². The topological polar surface area (TPSA) is 61.9 Å². The van der Waals surface area contributed by atoms with Crippen molar-refractivity contribution in [1.82, 2.24) is 9.80 Å². The summed E-state index contributed by atoms with van der Waals surface area (Å²) in [6.07, 6.45) is 0.186. The van der Waals surface area contributed by atoms with Gasteiger partial charge in [0.1, 0.15) is 0 Å². The summed E-state index contributed by atoms with van der Waals surface area (Å²) in [4.78, 5) is 27.5. The first kappa shape index (κ1) is 20.7. The molecule has 1 aliphatic rings. The molecule has 1 aromatic carbocycles. The van der Waals surface area contributed by atoms with E-state index in [0.29, 0.717) is 32.7 Å². The van der Waals surface area contributed by atoms with Crippen LogP contribution in [-0.4, -0.2) is 61.1 Å². The summed E-state index contributed by atoms with van der Waals surface area (Å²) in [5, 5.41) is 2.89. The molecule has 134 valence electrons. The molecule has 0 saturated carbocycles. The maximum absolute atomic E-state index is 12.0. The zero-order chi connectivity index (χ0) is 16.7. The van der Waals surface area contributed by atoms with Crippen molar-refractivity contribution in [3.05, 3.63) is 28.7 Å². The van der Waals surface area contributed by atoms with Crippen molar-refractivity contribution in [2.45, 2.75) is 13.3 Å². The van der Waals surface area contributed by atoms with Crippen molar-refractivity contribution in [3.8, 4) is 0 Å². The molecular formula is C16H22BrClN3O3-. The Kier molecular flexibility index (Phi) is 9.10. The number of ether oxygens (including phenoxy) is 1.